The number of nitrogens with zero attached hydrogens (tertiary/aromatic N) is 1. The quantitative estimate of drug-likeness (QED) is 0.888. The molecular weight excluding hydrogens is 290 g/mol. The first-order valence-electron chi connectivity index (χ1n) is 7.61. The topological polar surface area (TPSA) is 82.0 Å². The largest absolute Gasteiger partial charge is 0.352 e. The van der Waals surface area contributed by atoms with Gasteiger partial charge in [0.1, 0.15) is 5.54 Å². The Bertz CT molecular complexity index is 803. The van der Waals surface area contributed by atoms with Gasteiger partial charge in [-0.25, -0.2) is 0 Å². The van der Waals surface area contributed by atoms with Crippen molar-refractivity contribution in [2.45, 2.75) is 24.8 Å². The summed E-state index contributed by atoms with van der Waals surface area (Å²) < 4.78 is 0. The summed E-state index contributed by atoms with van der Waals surface area (Å²) in [6.07, 6.45) is 1.58. The van der Waals surface area contributed by atoms with Crippen LogP contribution in [-0.2, 0) is 4.79 Å². The number of amides is 2. The molecule has 23 heavy (non-hydrogen) atoms. The highest BCUT2D eigenvalue weighted by molar-refractivity contribution is 5.98. The fraction of sp³-hybridized carbons (Fsp3) is 0.278. The third kappa shape index (κ3) is 3.49. The fourth-order valence-corrected chi connectivity index (χ4v) is 2.44. The van der Waals surface area contributed by atoms with Gasteiger partial charge in [-0.15, -0.1) is 0 Å². The molecule has 1 saturated carbocycles. The Hall–Kier alpha value is -2.87. The van der Waals surface area contributed by atoms with E-state index in [1.807, 2.05) is 36.4 Å². The van der Waals surface area contributed by atoms with Gasteiger partial charge in [-0.1, -0.05) is 30.3 Å². The molecule has 0 spiro atoms. The van der Waals surface area contributed by atoms with Crippen LogP contribution in [0, 0.1) is 11.3 Å². The number of carbonyl (C=O) groups excluding carboxylic acids is 2. The molecule has 116 valence electrons. The minimum Gasteiger partial charge on any atom is -0.352 e. The van der Waals surface area contributed by atoms with Gasteiger partial charge in [0.2, 0.25) is 5.91 Å². The molecule has 0 bridgehead atoms. The van der Waals surface area contributed by atoms with Crippen LogP contribution in [0.3, 0.4) is 0 Å². The number of nitriles is 1. The van der Waals surface area contributed by atoms with Gasteiger partial charge in [0.15, 0.2) is 0 Å². The van der Waals surface area contributed by atoms with Crippen molar-refractivity contribution in [1.82, 2.24) is 10.6 Å². The summed E-state index contributed by atoms with van der Waals surface area (Å²) in [5.74, 6) is -0.409. The molecule has 1 aliphatic carbocycles. The fourth-order valence-electron chi connectivity index (χ4n) is 2.44. The molecular formula is C18H17N3O2. The standard InChI is InChI=1S/C18H17N3O2/c19-12-18(8-9-18)21-16(22)7-10-20-17(23)15-6-5-13-3-1-2-4-14(13)11-15/h1-6,11H,7-10H2,(H,20,23)(H,21,22). The zero-order chi connectivity index (χ0) is 16.3. The van der Waals surface area contributed by atoms with Gasteiger partial charge in [-0.05, 0) is 35.7 Å². The zero-order valence-electron chi connectivity index (χ0n) is 12.6. The van der Waals surface area contributed by atoms with Crippen LogP contribution < -0.4 is 10.6 Å². The number of nitrogens with one attached hydrogen (secondary N) is 2. The van der Waals surface area contributed by atoms with Gasteiger partial charge in [0.25, 0.3) is 5.91 Å². The van der Waals surface area contributed by atoms with Crippen molar-refractivity contribution in [2.75, 3.05) is 6.54 Å². The maximum Gasteiger partial charge on any atom is 0.251 e. The van der Waals surface area contributed by atoms with Crippen molar-refractivity contribution >= 4 is 22.6 Å². The Morgan fingerprint density at radius 3 is 2.57 bits per heavy atom. The SMILES string of the molecule is N#CC1(NC(=O)CCNC(=O)c2ccc3ccccc3c2)CC1. The molecule has 0 saturated heterocycles. The minimum absolute atomic E-state index is 0.169. The first-order valence-corrected chi connectivity index (χ1v) is 7.61. The van der Waals surface area contributed by atoms with Gasteiger partial charge in [0.05, 0.1) is 6.07 Å². The van der Waals surface area contributed by atoms with Crippen LogP contribution in [0.1, 0.15) is 29.6 Å². The predicted molar refractivity (Wildman–Crippen MR) is 86.6 cm³/mol. The number of rotatable bonds is 5. The highest BCUT2D eigenvalue weighted by atomic mass is 16.2. The summed E-state index contributed by atoms with van der Waals surface area (Å²) in [6.45, 7) is 0.249. The van der Waals surface area contributed by atoms with Crippen LogP contribution in [0.4, 0.5) is 0 Å². The average molecular weight is 307 g/mol. The van der Waals surface area contributed by atoms with Crippen molar-refractivity contribution in [2.24, 2.45) is 0 Å². The molecule has 3 rings (SSSR count). The molecule has 5 nitrogen and oxygen atoms in total. The van der Waals surface area contributed by atoms with E-state index in [0.29, 0.717) is 18.4 Å². The summed E-state index contributed by atoms with van der Waals surface area (Å²) in [5, 5.41) is 16.4. The first kappa shape index (κ1) is 15.0. The average Bonchev–Trinajstić information content (AvgIpc) is 3.34. The van der Waals surface area contributed by atoms with Crippen molar-refractivity contribution in [3.05, 3.63) is 48.0 Å². The molecule has 2 aromatic rings. The maximum atomic E-state index is 12.1. The molecule has 2 N–H and O–H groups in total. The number of fused-ring (bicyclic) bond motifs is 1. The second-order valence-electron chi connectivity index (χ2n) is 5.81. The van der Waals surface area contributed by atoms with Gasteiger partial charge in [-0.2, -0.15) is 5.26 Å². The molecule has 0 unspecified atom stereocenters. The van der Waals surface area contributed by atoms with E-state index in [9.17, 15) is 9.59 Å². The van der Waals surface area contributed by atoms with Crippen molar-refractivity contribution in [3.8, 4) is 6.07 Å². The highest BCUT2D eigenvalue weighted by Crippen LogP contribution is 2.34. The molecule has 0 radical (unpaired) electrons. The number of benzene rings is 2. The zero-order valence-corrected chi connectivity index (χ0v) is 12.6. The van der Waals surface area contributed by atoms with Gasteiger partial charge >= 0.3 is 0 Å². The molecule has 0 atom stereocenters. The van der Waals surface area contributed by atoms with Crippen molar-refractivity contribution in [1.29, 1.82) is 5.26 Å². The van der Waals surface area contributed by atoms with Crippen LogP contribution in [-0.4, -0.2) is 23.9 Å². The first-order chi connectivity index (χ1) is 11.1. The third-order valence-electron chi connectivity index (χ3n) is 3.99. The smallest absolute Gasteiger partial charge is 0.251 e. The molecule has 1 aliphatic rings. The summed E-state index contributed by atoms with van der Waals surface area (Å²) in [4.78, 5) is 23.9. The van der Waals surface area contributed by atoms with E-state index in [-0.39, 0.29) is 24.8 Å². The van der Waals surface area contributed by atoms with E-state index >= 15 is 0 Å². The maximum absolute atomic E-state index is 12.1. The van der Waals surface area contributed by atoms with Crippen LogP contribution in [0.15, 0.2) is 42.5 Å². The monoisotopic (exact) mass is 307 g/mol. The Balaban J connectivity index is 1.52. The molecule has 5 heteroatoms. The van der Waals surface area contributed by atoms with Gasteiger partial charge < -0.3 is 10.6 Å². The minimum atomic E-state index is -0.653. The highest BCUT2D eigenvalue weighted by Gasteiger charge is 2.44. The Morgan fingerprint density at radius 2 is 1.87 bits per heavy atom. The van der Waals surface area contributed by atoms with Crippen LogP contribution in [0.25, 0.3) is 10.8 Å². The van der Waals surface area contributed by atoms with E-state index in [4.69, 9.17) is 5.26 Å². The lowest BCUT2D eigenvalue weighted by molar-refractivity contribution is -0.121. The molecule has 0 aliphatic heterocycles. The van der Waals surface area contributed by atoms with E-state index in [1.165, 1.54) is 0 Å². The van der Waals surface area contributed by atoms with Crippen molar-refractivity contribution in [3.63, 3.8) is 0 Å². The molecule has 0 aromatic heterocycles. The van der Waals surface area contributed by atoms with Gasteiger partial charge in [-0.3, -0.25) is 9.59 Å². The van der Waals surface area contributed by atoms with Crippen LogP contribution in [0.2, 0.25) is 0 Å². The van der Waals surface area contributed by atoms with Gasteiger partial charge in [0, 0.05) is 18.5 Å². The summed E-state index contributed by atoms with van der Waals surface area (Å²) in [5.41, 5.74) is -0.0841. The number of hydrogen-bond acceptors (Lipinski definition) is 3. The summed E-state index contributed by atoms with van der Waals surface area (Å²) >= 11 is 0. The van der Waals surface area contributed by atoms with E-state index in [2.05, 4.69) is 16.7 Å². The Kier molecular flexibility index (Phi) is 3.98. The summed E-state index contributed by atoms with van der Waals surface area (Å²) in [6, 6.07) is 15.4. The van der Waals surface area contributed by atoms with Crippen LogP contribution >= 0.6 is 0 Å². The molecule has 2 amide bonds. The predicted octanol–water partition coefficient (Wildman–Crippen LogP) is 2.13. The van der Waals surface area contributed by atoms with Crippen LogP contribution in [0.5, 0.6) is 0 Å². The number of hydrogen-bond donors (Lipinski definition) is 2. The Labute approximate surface area is 134 Å². The normalized spacial score (nSPS) is 14.7. The lowest BCUT2D eigenvalue weighted by Crippen LogP contribution is -2.37. The second kappa shape index (κ2) is 6.09. The van der Waals surface area contributed by atoms with E-state index in [0.717, 1.165) is 10.8 Å². The number of carbonyl (C=O) groups is 2. The third-order valence-corrected chi connectivity index (χ3v) is 3.99. The lowest BCUT2D eigenvalue weighted by atomic mass is 10.1. The van der Waals surface area contributed by atoms with E-state index < -0.39 is 5.54 Å². The second-order valence-corrected chi connectivity index (χ2v) is 5.81. The molecule has 0 heterocycles. The molecule has 1 fully saturated rings. The van der Waals surface area contributed by atoms with E-state index in [1.54, 1.807) is 6.07 Å². The Morgan fingerprint density at radius 1 is 1.13 bits per heavy atom. The summed E-state index contributed by atoms with van der Waals surface area (Å²) in [7, 11) is 0. The lowest BCUT2D eigenvalue weighted by Gasteiger charge is -2.10. The van der Waals surface area contributed by atoms with Crippen molar-refractivity contribution < 1.29 is 9.59 Å². The molecule has 2 aromatic carbocycles.